The average Bonchev–Trinajstić information content (AvgIpc) is 2.94. The lowest BCUT2D eigenvalue weighted by Crippen LogP contribution is -2.47. The van der Waals surface area contributed by atoms with Gasteiger partial charge in [-0.2, -0.15) is 0 Å². The Hall–Kier alpha value is -1.24. The van der Waals surface area contributed by atoms with Gasteiger partial charge in [-0.05, 0) is 57.9 Å². The third-order valence-corrected chi connectivity index (χ3v) is 12.7. The summed E-state index contributed by atoms with van der Waals surface area (Å²) in [4.78, 5) is 0. The molecule has 0 atom stereocenters. The van der Waals surface area contributed by atoms with Crippen LogP contribution in [0.15, 0.2) is 18.2 Å². The molecule has 2 heterocycles. The second-order valence-corrected chi connectivity index (χ2v) is 15.7. The number of aromatic nitrogens is 1. The van der Waals surface area contributed by atoms with E-state index in [-0.39, 0.29) is 23.4 Å². The maximum absolute atomic E-state index is 6.46. The van der Waals surface area contributed by atoms with Gasteiger partial charge in [0.2, 0.25) is 0 Å². The summed E-state index contributed by atoms with van der Waals surface area (Å²) in [5.74, 6) is 0.859. The molecular weight excluding hydrogens is 365 g/mol. The molecule has 1 fully saturated rings. The second kappa shape index (κ2) is 6.38. The Morgan fingerprint density at radius 1 is 1.04 bits per heavy atom. The number of nitrogens with zero attached hydrogens (tertiary/aromatic N) is 1. The summed E-state index contributed by atoms with van der Waals surface area (Å²) in [7, 11) is -0.522. The molecule has 154 valence electrons. The summed E-state index contributed by atoms with van der Waals surface area (Å²) in [5.41, 5.74) is 2.89. The van der Waals surface area contributed by atoms with Crippen LogP contribution in [0.1, 0.15) is 54.2 Å². The number of methoxy groups -OCH3 is 1. The fourth-order valence-corrected chi connectivity index (χ4v) is 6.29. The minimum Gasteiger partial charge on any atom is -0.497 e. The van der Waals surface area contributed by atoms with Gasteiger partial charge in [-0.25, -0.2) is 0 Å². The van der Waals surface area contributed by atoms with Gasteiger partial charge in [0, 0.05) is 22.1 Å². The van der Waals surface area contributed by atoms with Gasteiger partial charge in [0.25, 0.3) is 0 Å². The molecule has 4 nitrogen and oxygen atoms in total. The number of hydrogen-bond donors (Lipinski definition) is 0. The molecule has 1 aromatic heterocycles. The topological polar surface area (TPSA) is 32.6 Å². The van der Waals surface area contributed by atoms with Crippen molar-refractivity contribution in [2.75, 3.05) is 7.11 Å². The molecular formula is C22H36BNO3Si. The van der Waals surface area contributed by atoms with Crippen LogP contribution in [-0.4, -0.2) is 37.9 Å². The van der Waals surface area contributed by atoms with E-state index in [4.69, 9.17) is 14.0 Å². The van der Waals surface area contributed by atoms with Crippen LogP contribution in [0, 0.1) is 6.92 Å². The average molecular weight is 401 g/mol. The van der Waals surface area contributed by atoms with Crippen molar-refractivity contribution in [2.45, 2.75) is 84.7 Å². The number of ether oxygens (including phenoxy) is 1. The number of benzene rings is 1. The lowest BCUT2D eigenvalue weighted by Gasteiger charge is -2.39. The van der Waals surface area contributed by atoms with Crippen molar-refractivity contribution >= 4 is 31.7 Å². The van der Waals surface area contributed by atoms with E-state index >= 15 is 0 Å². The zero-order valence-electron chi connectivity index (χ0n) is 19.5. The minimum absolute atomic E-state index is 0.205. The normalized spacial score (nSPS) is 19.5. The van der Waals surface area contributed by atoms with Crippen LogP contribution in [0.5, 0.6) is 5.75 Å². The number of hydrogen-bond acceptors (Lipinski definition) is 3. The maximum Gasteiger partial charge on any atom is 0.497 e. The molecule has 1 aliphatic rings. The molecule has 1 aromatic carbocycles. The summed E-state index contributed by atoms with van der Waals surface area (Å²) in [6, 6.07) is 6.38. The van der Waals surface area contributed by atoms with Crippen LogP contribution in [0.25, 0.3) is 10.9 Å². The molecule has 2 aromatic rings. The first-order valence-electron chi connectivity index (χ1n) is 10.2. The molecule has 0 spiro atoms. The van der Waals surface area contributed by atoms with E-state index in [1.54, 1.807) is 7.11 Å². The molecule has 0 N–H and O–H groups in total. The van der Waals surface area contributed by atoms with Crippen LogP contribution in [-0.2, 0) is 9.31 Å². The molecule has 28 heavy (non-hydrogen) atoms. The molecule has 0 aliphatic carbocycles. The smallest absolute Gasteiger partial charge is 0.497 e. The highest BCUT2D eigenvalue weighted by Gasteiger charge is 2.53. The number of rotatable bonds is 3. The van der Waals surface area contributed by atoms with Gasteiger partial charge in [-0.15, -0.1) is 0 Å². The van der Waals surface area contributed by atoms with Gasteiger partial charge in [0.05, 0.1) is 18.3 Å². The molecule has 1 aliphatic heterocycles. The Labute approximate surface area is 171 Å². The fraction of sp³-hybridized carbons (Fsp3) is 0.636. The Bertz CT molecular complexity index is 893. The Morgan fingerprint density at radius 2 is 1.57 bits per heavy atom. The highest BCUT2D eigenvalue weighted by Crippen LogP contribution is 2.42. The third-order valence-electron chi connectivity index (χ3n) is 7.34. The van der Waals surface area contributed by atoms with E-state index in [2.05, 4.69) is 90.9 Å². The zero-order valence-corrected chi connectivity index (χ0v) is 20.5. The summed E-state index contributed by atoms with van der Waals surface area (Å²) >= 11 is 0. The molecule has 6 heteroatoms. The molecule has 0 saturated carbocycles. The lowest BCUT2D eigenvalue weighted by atomic mass is 9.77. The first-order chi connectivity index (χ1) is 12.6. The van der Waals surface area contributed by atoms with Crippen molar-refractivity contribution in [1.82, 2.24) is 4.23 Å². The van der Waals surface area contributed by atoms with Crippen molar-refractivity contribution in [3.63, 3.8) is 0 Å². The molecule has 1 saturated heterocycles. The quantitative estimate of drug-likeness (QED) is 0.670. The van der Waals surface area contributed by atoms with Crippen molar-refractivity contribution < 1.29 is 14.0 Å². The standard InChI is InChI=1S/C22H36BNO3Si/c1-15-19(23-26-21(5,6)22(7,8)27-23)17-14-16(25-9)12-13-18(17)24(15)28(10,11)20(2,3)4/h12-14H,1-11H3. The SMILES string of the molecule is COc1ccc2c(c1)c(B1OC(C)(C)C(C)(C)O1)c(C)n2[Si](C)(C)C(C)(C)C. The molecule has 0 radical (unpaired) electrons. The van der Waals surface area contributed by atoms with E-state index in [1.807, 2.05) is 0 Å². The molecule has 0 unspecified atom stereocenters. The van der Waals surface area contributed by atoms with E-state index in [0.717, 1.165) is 11.2 Å². The number of fused-ring (bicyclic) bond motifs is 1. The van der Waals surface area contributed by atoms with E-state index in [1.165, 1.54) is 16.6 Å². The minimum atomic E-state index is -1.85. The van der Waals surface area contributed by atoms with Crippen LogP contribution < -0.4 is 10.2 Å². The van der Waals surface area contributed by atoms with E-state index in [9.17, 15) is 0 Å². The van der Waals surface area contributed by atoms with Crippen LogP contribution in [0.4, 0.5) is 0 Å². The van der Waals surface area contributed by atoms with Crippen molar-refractivity contribution in [3.05, 3.63) is 23.9 Å². The van der Waals surface area contributed by atoms with Gasteiger partial charge in [0.1, 0.15) is 5.75 Å². The summed E-state index contributed by atoms with van der Waals surface area (Å²) < 4.78 is 21.1. The van der Waals surface area contributed by atoms with Gasteiger partial charge < -0.3 is 18.3 Å². The van der Waals surface area contributed by atoms with E-state index < -0.39 is 8.24 Å². The highest BCUT2D eigenvalue weighted by atomic mass is 28.3. The maximum atomic E-state index is 6.46. The van der Waals surface area contributed by atoms with Crippen LogP contribution in [0.2, 0.25) is 18.1 Å². The van der Waals surface area contributed by atoms with Crippen molar-refractivity contribution in [3.8, 4) is 5.75 Å². The van der Waals surface area contributed by atoms with Gasteiger partial charge in [-0.1, -0.05) is 33.9 Å². The summed E-state index contributed by atoms with van der Waals surface area (Å²) in [5, 5.41) is 1.37. The predicted molar refractivity (Wildman–Crippen MR) is 122 cm³/mol. The largest absolute Gasteiger partial charge is 0.497 e. The van der Waals surface area contributed by atoms with Crippen LogP contribution >= 0.6 is 0 Å². The predicted octanol–water partition coefficient (Wildman–Crippen LogP) is 5.11. The first-order valence-corrected chi connectivity index (χ1v) is 13.1. The lowest BCUT2D eigenvalue weighted by molar-refractivity contribution is 0.00578. The fourth-order valence-electron chi connectivity index (χ4n) is 3.86. The second-order valence-electron chi connectivity index (χ2n) is 10.6. The monoisotopic (exact) mass is 401 g/mol. The molecule has 3 rings (SSSR count). The van der Waals surface area contributed by atoms with Crippen molar-refractivity contribution in [1.29, 1.82) is 0 Å². The van der Waals surface area contributed by atoms with Gasteiger partial charge >= 0.3 is 7.12 Å². The van der Waals surface area contributed by atoms with Crippen molar-refractivity contribution in [2.24, 2.45) is 0 Å². The molecule has 0 bridgehead atoms. The Morgan fingerprint density at radius 3 is 2.04 bits per heavy atom. The molecule has 0 amide bonds. The third kappa shape index (κ3) is 3.04. The Balaban J connectivity index is 2.31. The van der Waals surface area contributed by atoms with Gasteiger partial charge in [0.15, 0.2) is 8.24 Å². The highest BCUT2D eigenvalue weighted by molar-refractivity contribution is 6.80. The van der Waals surface area contributed by atoms with Crippen LogP contribution in [0.3, 0.4) is 0 Å². The summed E-state index contributed by atoms with van der Waals surface area (Å²) in [6.07, 6.45) is 0. The zero-order chi connectivity index (χ0) is 21.3. The van der Waals surface area contributed by atoms with E-state index in [0.29, 0.717) is 0 Å². The summed E-state index contributed by atoms with van der Waals surface area (Å²) in [6.45, 7) is 22.6. The van der Waals surface area contributed by atoms with Gasteiger partial charge in [-0.3, -0.25) is 0 Å². The Kier molecular flexibility index (Phi) is 4.89. The first kappa shape index (κ1) is 21.5.